The van der Waals surface area contributed by atoms with Crippen molar-refractivity contribution >= 4 is 5.97 Å². The maximum absolute atomic E-state index is 13.1. The molecule has 1 unspecified atom stereocenters. The number of phenolic OH excluding ortho intramolecular Hbond substituents is 1. The first-order valence-electron chi connectivity index (χ1n) is 11.1. The van der Waals surface area contributed by atoms with Gasteiger partial charge >= 0.3 is 5.97 Å². The quantitative estimate of drug-likeness (QED) is 0.480. The Bertz CT molecular complexity index is 1260. The van der Waals surface area contributed by atoms with Crippen LogP contribution >= 0.6 is 0 Å². The lowest BCUT2D eigenvalue weighted by Gasteiger charge is -2.40. The van der Waals surface area contributed by atoms with Crippen LogP contribution in [0, 0.1) is 5.92 Å². The highest BCUT2D eigenvalue weighted by molar-refractivity contribution is 5.78. The Morgan fingerprint density at radius 1 is 0.971 bits per heavy atom. The smallest absolute Gasteiger partial charge is 0.312 e. The predicted octanol–water partition coefficient (Wildman–Crippen LogP) is 2.83. The molecule has 0 bridgehead atoms. The van der Waals surface area contributed by atoms with Crippen molar-refractivity contribution in [2.75, 3.05) is 21.3 Å². The first-order valence-corrected chi connectivity index (χ1v) is 11.1. The van der Waals surface area contributed by atoms with Crippen molar-refractivity contribution in [2.24, 2.45) is 5.92 Å². The largest absolute Gasteiger partial charge is 0.508 e. The Hall–Kier alpha value is -3.75. The zero-order valence-corrected chi connectivity index (χ0v) is 19.5. The summed E-state index contributed by atoms with van der Waals surface area (Å²) in [5.41, 5.74) is -2.52. The average molecular weight is 478 g/mol. The van der Waals surface area contributed by atoms with Gasteiger partial charge in [-0.2, -0.15) is 0 Å². The molecule has 0 spiro atoms. The van der Waals surface area contributed by atoms with Crippen molar-refractivity contribution < 1.29 is 39.1 Å². The van der Waals surface area contributed by atoms with Gasteiger partial charge in [-0.3, -0.25) is 4.79 Å². The standard InChI is InChI=1S/C27H26O8/c1-32-18-11-9-16(10-12-18)27-22(15-7-5-4-6-8-15)21(25(30)34-3)24(29)26(27,31)23-19(33-2)13-17(28)14-20(23)35-27/h4-14,21-22,24,28-29,31H,1-3H3/t21-,22-,24-,26?,27+/m1/s1. The van der Waals surface area contributed by atoms with Crippen molar-refractivity contribution in [3.05, 3.63) is 83.4 Å². The van der Waals surface area contributed by atoms with Crippen molar-refractivity contribution in [2.45, 2.75) is 23.2 Å². The number of phenols is 1. The van der Waals surface area contributed by atoms with Crippen molar-refractivity contribution in [1.29, 1.82) is 0 Å². The van der Waals surface area contributed by atoms with Gasteiger partial charge in [0.05, 0.1) is 32.8 Å². The number of benzene rings is 3. The van der Waals surface area contributed by atoms with Gasteiger partial charge in [0.15, 0.2) is 11.2 Å². The molecule has 8 heteroatoms. The number of hydrogen-bond donors (Lipinski definition) is 3. The minimum atomic E-state index is -2.14. The third-order valence-electron chi connectivity index (χ3n) is 7.21. The predicted molar refractivity (Wildman–Crippen MR) is 125 cm³/mol. The van der Waals surface area contributed by atoms with Gasteiger partial charge in [-0.15, -0.1) is 0 Å². The second-order valence-electron chi connectivity index (χ2n) is 8.74. The van der Waals surface area contributed by atoms with Crippen molar-refractivity contribution in [3.8, 4) is 23.0 Å². The maximum Gasteiger partial charge on any atom is 0.312 e. The molecule has 1 fully saturated rings. The summed E-state index contributed by atoms with van der Waals surface area (Å²) in [6, 6.07) is 18.6. The number of aliphatic hydroxyl groups excluding tert-OH is 1. The number of methoxy groups -OCH3 is 3. The summed E-state index contributed by atoms with van der Waals surface area (Å²) in [6.07, 6.45) is -1.64. The zero-order chi connectivity index (χ0) is 25.0. The highest BCUT2D eigenvalue weighted by atomic mass is 16.5. The molecule has 1 saturated carbocycles. The molecule has 3 N–H and O–H groups in total. The number of ether oxygens (including phenoxy) is 4. The first kappa shape index (κ1) is 23.0. The van der Waals surface area contributed by atoms with Crippen LogP contribution in [-0.4, -0.2) is 48.7 Å². The minimum Gasteiger partial charge on any atom is -0.508 e. The molecule has 1 aliphatic carbocycles. The molecular formula is C27H26O8. The highest BCUT2D eigenvalue weighted by Crippen LogP contribution is 2.70. The molecule has 0 aromatic heterocycles. The van der Waals surface area contributed by atoms with Crippen molar-refractivity contribution in [3.63, 3.8) is 0 Å². The molecule has 3 aromatic rings. The van der Waals surface area contributed by atoms with E-state index in [1.165, 1.54) is 26.4 Å². The van der Waals surface area contributed by atoms with E-state index in [0.29, 0.717) is 16.9 Å². The molecule has 3 aromatic carbocycles. The number of hydrogen-bond acceptors (Lipinski definition) is 8. The highest BCUT2D eigenvalue weighted by Gasteiger charge is 2.78. The fraction of sp³-hybridized carbons (Fsp3) is 0.296. The molecule has 0 saturated heterocycles. The number of carbonyl (C=O) groups excluding carboxylic acids is 1. The van der Waals surface area contributed by atoms with Gasteiger partial charge in [0, 0.05) is 18.1 Å². The van der Waals surface area contributed by atoms with Crippen LogP contribution in [0.3, 0.4) is 0 Å². The van der Waals surface area contributed by atoms with Crippen LogP contribution in [0.4, 0.5) is 0 Å². The summed E-state index contributed by atoms with van der Waals surface area (Å²) < 4.78 is 22.5. The summed E-state index contributed by atoms with van der Waals surface area (Å²) in [4.78, 5) is 13.1. The fourth-order valence-electron chi connectivity index (χ4n) is 5.79. The molecule has 0 amide bonds. The van der Waals surface area contributed by atoms with Crippen LogP contribution in [-0.2, 0) is 20.7 Å². The average Bonchev–Trinajstić information content (AvgIpc) is 3.26. The van der Waals surface area contributed by atoms with E-state index >= 15 is 0 Å². The van der Waals surface area contributed by atoms with E-state index in [1.54, 1.807) is 31.4 Å². The van der Waals surface area contributed by atoms with E-state index in [2.05, 4.69) is 0 Å². The van der Waals surface area contributed by atoms with Crippen LogP contribution < -0.4 is 14.2 Å². The second-order valence-corrected chi connectivity index (χ2v) is 8.74. The number of rotatable bonds is 5. The Balaban J connectivity index is 1.88. The number of aromatic hydroxyl groups is 1. The van der Waals surface area contributed by atoms with E-state index in [9.17, 15) is 20.1 Å². The van der Waals surface area contributed by atoms with Crippen LogP contribution in [0.1, 0.15) is 22.6 Å². The van der Waals surface area contributed by atoms with Crippen LogP contribution in [0.25, 0.3) is 0 Å². The lowest BCUT2D eigenvalue weighted by atomic mass is 9.70. The van der Waals surface area contributed by atoms with E-state index in [-0.39, 0.29) is 22.8 Å². The minimum absolute atomic E-state index is 0.120. The second kappa shape index (κ2) is 8.18. The number of aliphatic hydroxyl groups is 2. The van der Waals surface area contributed by atoms with Gasteiger partial charge in [0.25, 0.3) is 0 Å². The first-order chi connectivity index (χ1) is 16.8. The van der Waals surface area contributed by atoms with Crippen LogP contribution in [0.2, 0.25) is 0 Å². The Morgan fingerprint density at radius 2 is 1.66 bits per heavy atom. The van der Waals surface area contributed by atoms with Gasteiger partial charge in [-0.25, -0.2) is 0 Å². The molecular weight excluding hydrogens is 452 g/mol. The van der Waals surface area contributed by atoms with Crippen LogP contribution in [0.15, 0.2) is 66.7 Å². The lowest BCUT2D eigenvalue weighted by molar-refractivity contribution is -0.161. The van der Waals surface area contributed by atoms with Gasteiger partial charge in [-0.05, 0) is 23.3 Å². The molecule has 5 rings (SSSR count). The molecule has 35 heavy (non-hydrogen) atoms. The van der Waals surface area contributed by atoms with Gasteiger partial charge in [0.1, 0.15) is 29.1 Å². The van der Waals surface area contributed by atoms with Gasteiger partial charge < -0.3 is 34.3 Å². The summed E-state index contributed by atoms with van der Waals surface area (Å²) in [5.74, 6) is -2.03. The zero-order valence-electron chi connectivity index (χ0n) is 19.5. The normalized spacial score (nSPS) is 28.5. The van der Waals surface area contributed by atoms with E-state index in [4.69, 9.17) is 18.9 Å². The Morgan fingerprint density at radius 3 is 2.26 bits per heavy atom. The molecule has 1 aliphatic heterocycles. The van der Waals surface area contributed by atoms with Gasteiger partial charge in [0.2, 0.25) is 0 Å². The summed E-state index contributed by atoms with van der Waals surface area (Å²) >= 11 is 0. The Kier molecular flexibility index (Phi) is 5.38. The third kappa shape index (κ3) is 2.96. The monoisotopic (exact) mass is 478 g/mol. The SMILES string of the molecule is COC(=O)[C@H]1[C@@H](O)C2(O)c3c(OC)cc(O)cc3O[C@@]2(c2ccc(OC)cc2)[C@@H]1c1ccccc1. The number of carbonyl (C=O) groups is 1. The summed E-state index contributed by atoms with van der Waals surface area (Å²) in [7, 11) is 4.17. The van der Waals surface area contributed by atoms with E-state index < -0.39 is 35.1 Å². The summed E-state index contributed by atoms with van der Waals surface area (Å²) in [5, 5.41) is 34.6. The maximum atomic E-state index is 13.1. The molecule has 5 atom stereocenters. The van der Waals surface area contributed by atoms with E-state index in [0.717, 1.165) is 0 Å². The Labute approximate surface area is 202 Å². The molecule has 8 nitrogen and oxygen atoms in total. The molecule has 1 heterocycles. The number of fused-ring (bicyclic) bond motifs is 3. The van der Waals surface area contributed by atoms with Crippen molar-refractivity contribution in [1.82, 2.24) is 0 Å². The topological polar surface area (TPSA) is 115 Å². The fourth-order valence-corrected chi connectivity index (χ4v) is 5.79. The third-order valence-corrected chi connectivity index (χ3v) is 7.21. The molecule has 0 radical (unpaired) electrons. The summed E-state index contributed by atoms with van der Waals surface area (Å²) in [6.45, 7) is 0. The van der Waals surface area contributed by atoms with Gasteiger partial charge in [-0.1, -0.05) is 42.5 Å². The molecule has 182 valence electrons. The molecule has 2 aliphatic rings. The lowest BCUT2D eigenvalue weighted by Crippen LogP contribution is -2.52. The van der Waals surface area contributed by atoms with E-state index in [1.807, 2.05) is 30.3 Å². The van der Waals surface area contributed by atoms with Crippen LogP contribution in [0.5, 0.6) is 23.0 Å². The number of esters is 1.